The molecule has 0 radical (unpaired) electrons. The molecule has 2 N–H and O–H groups in total. The van der Waals surface area contributed by atoms with Crippen molar-refractivity contribution in [2.75, 3.05) is 13.1 Å². The van der Waals surface area contributed by atoms with Gasteiger partial charge in [-0.2, -0.15) is 5.10 Å². The number of carboxylic acid groups (broad SMARTS) is 1. The van der Waals surface area contributed by atoms with E-state index in [2.05, 4.69) is 20.1 Å². The second-order valence-electron chi connectivity index (χ2n) is 10.8. The number of fused-ring (bicyclic) bond motifs is 1. The minimum atomic E-state index is -0.986. The topological polar surface area (TPSA) is 122 Å². The van der Waals surface area contributed by atoms with Gasteiger partial charge >= 0.3 is 5.97 Å². The number of aromatic nitrogens is 6. The first-order chi connectivity index (χ1) is 20.7. The maximum absolute atomic E-state index is 14.2. The summed E-state index contributed by atoms with van der Waals surface area (Å²) >= 11 is 5.85. The lowest BCUT2D eigenvalue weighted by Crippen LogP contribution is -2.34. The lowest BCUT2D eigenvalue weighted by atomic mass is 9.93. The number of nitrogens with zero attached hydrogens (tertiary/aromatic N) is 6. The zero-order chi connectivity index (χ0) is 30.1. The Hall–Kier alpha value is -4.35. The number of imidazole rings is 1. The largest absolute Gasteiger partial charge is 0.478 e. The maximum atomic E-state index is 14.2. The van der Waals surface area contributed by atoms with Crippen LogP contribution in [0.5, 0.6) is 5.88 Å². The summed E-state index contributed by atoms with van der Waals surface area (Å²) in [6.07, 6.45) is 1.81. The number of H-pyrrole nitrogens is 1. The van der Waals surface area contributed by atoms with Crippen LogP contribution in [-0.2, 0) is 13.2 Å². The minimum absolute atomic E-state index is 0.0681. The van der Waals surface area contributed by atoms with E-state index in [1.54, 1.807) is 36.4 Å². The molecular weight excluding hydrogens is 573 g/mol. The van der Waals surface area contributed by atoms with Crippen LogP contribution in [0.4, 0.5) is 4.39 Å². The number of hydrogen-bond acceptors (Lipinski definition) is 7. The Morgan fingerprint density at radius 2 is 1.95 bits per heavy atom. The van der Waals surface area contributed by atoms with Crippen LogP contribution in [-0.4, -0.2) is 58.8 Å². The number of benzene rings is 2. The molecule has 4 heterocycles. The number of piperidine rings is 1. The highest BCUT2D eigenvalue weighted by Crippen LogP contribution is 2.31. The first kappa shape index (κ1) is 28.8. The molecule has 1 saturated heterocycles. The van der Waals surface area contributed by atoms with Crippen molar-refractivity contribution in [2.45, 2.75) is 51.8 Å². The lowest BCUT2D eigenvalue weighted by Gasteiger charge is -2.32. The third kappa shape index (κ3) is 6.23. The van der Waals surface area contributed by atoms with Crippen molar-refractivity contribution < 1.29 is 19.0 Å². The molecule has 222 valence electrons. The van der Waals surface area contributed by atoms with Gasteiger partial charge in [0.2, 0.25) is 5.88 Å². The highest BCUT2D eigenvalue weighted by molar-refractivity contribution is 6.30. The van der Waals surface area contributed by atoms with Gasteiger partial charge in [-0.1, -0.05) is 23.7 Å². The van der Waals surface area contributed by atoms with Gasteiger partial charge in [0.25, 0.3) is 0 Å². The summed E-state index contributed by atoms with van der Waals surface area (Å²) in [6, 6.07) is 15.0. The van der Waals surface area contributed by atoms with Gasteiger partial charge < -0.3 is 14.4 Å². The highest BCUT2D eigenvalue weighted by atomic mass is 35.5. The Labute approximate surface area is 252 Å². The fraction of sp³-hybridized carbons (Fsp3) is 0.323. The quantitative estimate of drug-likeness (QED) is 0.213. The number of rotatable bonds is 9. The lowest BCUT2D eigenvalue weighted by molar-refractivity contribution is 0.0697. The van der Waals surface area contributed by atoms with Crippen molar-refractivity contribution in [3.05, 3.63) is 99.7 Å². The standard InChI is InChI=1S/C31H31ClFN7O3/c1-18(30-34-19(2)37-38-30)40-27-14-21(31(41)42)7-9-26(27)35-28(40)16-39-12-10-20(11-13-39)25-4-3-5-29(36-25)43-17-22-6-8-23(32)15-24(22)33/h3-9,14-15,18,20H,10-13,16-17H2,1-2H3,(H,41,42)(H,34,37,38). The second-order valence-corrected chi connectivity index (χ2v) is 11.3. The van der Waals surface area contributed by atoms with Crippen molar-refractivity contribution in [3.63, 3.8) is 0 Å². The molecule has 10 nitrogen and oxygen atoms in total. The van der Waals surface area contributed by atoms with Crippen molar-refractivity contribution in [1.29, 1.82) is 0 Å². The fourth-order valence-electron chi connectivity index (χ4n) is 5.60. The molecule has 12 heteroatoms. The third-order valence-corrected chi connectivity index (χ3v) is 8.13. The molecule has 5 aromatic rings. The van der Waals surface area contributed by atoms with E-state index < -0.39 is 11.8 Å². The van der Waals surface area contributed by atoms with Gasteiger partial charge in [-0.25, -0.2) is 24.1 Å². The van der Waals surface area contributed by atoms with Gasteiger partial charge in [-0.05, 0) is 76.2 Å². The number of hydrogen-bond donors (Lipinski definition) is 2. The molecular formula is C31H31ClFN7O3. The molecule has 6 rings (SSSR count). The van der Waals surface area contributed by atoms with Gasteiger partial charge in [0.1, 0.15) is 24.1 Å². The Morgan fingerprint density at radius 1 is 1.14 bits per heavy atom. The molecule has 3 aromatic heterocycles. The average molecular weight is 604 g/mol. The van der Waals surface area contributed by atoms with Crippen molar-refractivity contribution in [1.82, 2.24) is 34.6 Å². The highest BCUT2D eigenvalue weighted by Gasteiger charge is 2.26. The third-order valence-electron chi connectivity index (χ3n) is 7.89. The Kier molecular flexibility index (Phi) is 8.09. The molecule has 1 fully saturated rings. The van der Waals surface area contributed by atoms with Crippen LogP contribution in [0.3, 0.4) is 0 Å². The van der Waals surface area contributed by atoms with Crippen LogP contribution in [0.15, 0.2) is 54.6 Å². The Balaban J connectivity index is 1.16. The number of carbonyl (C=O) groups is 1. The molecule has 1 aliphatic heterocycles. The van der Waals surface area contributed by atoms with Crippen LogP contribution in [0.25, 0.3) is 11.0 Å². The van der Waals surface area contributed by atoms with E-state index in [9.17, 15) is 14.3 Å². The van der Waals surface area contributed by atoms with Crippen molar-refractivity contribution in [3.8, 4) is 5.88 Å². The van der Waals surface area contributed by atoms with Crippen LogP contribution < -0.4 is 4.74 Å². The van der Waals surface area contributed by atoms with Crippen LogP contribution in [0, 0.1) is 12.7 Å². The number of ether oxygens (including phenoxy) is 1. The molecule has 0 saturated carbocycles. The van der Waals surface area contributed by atoms with Gasteiger partial charge in [0, 0.05) is 28.3 Å². The van der Waals surface area contributed by atoms with Crippen LogP contribution >= 0.6 is 11.6 Å². The van der Waals surface area contributed by atoms with E-state index in [1.807, 2.05) is 30.5 Å². The molecule has 1 unspecified atom stereocenters. The number of carboxylic acids is 1. The summed E-state index contributed by atoms with van der Waals surface area (Å²) in [5.74, 6) is 1.48. The number of aryl methyl sites for hydroxylation is 1. The summed E-state index contributed by atoms with van der Waals surface area (Å²) in [4.78, 5) is 28.2. The van der Waals surface area contributed by atoms with E-state index in [0.29, 0.717) is 34.7 Å². The first-order valence-electron chi connectivity index (χ1n) is 14.1. The second kappa shape index (κ2) is 12.1. The van der Waals surface area contributed by atoms with Crippen LogP contribution in [0.1, 0.15) is 70.8 Å². The van der Waals surface area contributed by atoms with E-state index in [0.717, 1.165) is 48.5 Å². The molecule has 1 atom stereocenters. The monoisotopic (exact) mass is 603 g/mol. The van der Waals surface area contributed by atoms with Gasteiger partial charge in [-0.15, -0.1) is 0 Å². The number of likely N-dealkylation sites (tertiary alicyclic amines) is 1. The number of nitrogens with one attached hydrogen (secondary N) is 1. The SMILES string of the molecule is Cc1nc(C(C)n2c(CN3CCC(c4cccc(OCc5ccc(Cl)cc5F)n4)CC3)nc3ccc(C(=O)O)cc32)n[nH]1. The molecule has 0 bridgehead atoms. The zero-order valence-corrected chi connectivity index (χ0v) is 24.6. The van der Waals surface area contributed by atoms with E-state index in [-0.39, 0.29) is 24.1 Å². The van der Waals surface area contributed by atoms with Gasteiger partial charge in [-0.3, -0.25) is 10.00 Å². The minimum Gasteiger partial charge on any atom is -0.478 e. The summed E-state index contributed by atoms with van der Waals surface area (Å²) in [6.45, 7) is 6.18. The fourth-order valence-corrected chi connectivity index (χ4v) is 5.76. The Morgan fingerprint density at radius 3 is 2.67 bits per heavy atom. The maximum Gasteiger partial charge on any atom is 0.335 e. The summed E-state index contributed by atoms with van der Waals surface area (Å²) in [7, 11) is 0. The number of aromatic amines is 1. The molecule has 0 spiro atoms. The van der Waals surface area contributed by atoms with E-state index in [4.69, 9.17) is 26.3 Å². The van der Waals surface area contributed by atoms with Crippen LogP contribution in [0.2, 0.25) is 5.02 Å². The zero-order valence-electron chi connectivity index (χ0n) is 23.8. The van der Waals surface area contributed by atoms with Gasteiger partial charge in [0.05, 0.1) is 29.2 Å². The Bertz CT molecular complexity index is 1780. The van der Waals surface area contributed by atoms with Gasteiger partial charge in [0.15, 0.2) is 5.82 Å². The number of aromatic carboxylic acids is 1. The smallest absolute Gasteiger partial charge is 0.335 e. The van der Waals surface area contributed by atoms with Crippen molar-refractivity contribution in [2.24, 2.45) is 0 Å². The first-order valence-corrected chi connectivity index (χ1v) is 14.5. The molecule has 0 amide bonds. The summed E-state index contributed by atoms with van der Waals surface area (Å²) < 4.78 is 22.0. The molecule has 2 aromatic carbocycles. The molecule has 1 aliphatic rings. The predicted octanol–water partition coefficient (Wildman–Crippen LogP) is 5.92. The summed E-state index contributed by atoms with van der Waals surface area (Å²) in [5, 5.41) is 17.2. The van der Waals surface area contributed by atoms with E-state index >= 15 is 0 Å². The normalized spacial score (nSPS) is 15.2. The number of pyridine rings is 1. The summed E-state index contributed by atoms with van der Waals surface area (Å²) in [5.41, 5.74) is 3.04. The number of halogens is 2. The molecule has 0 aliphatic carbocycles. The van der Waals surface area contributed by atoms with Crippen molar-refractivity contribution >= 4 is 28.6 Å². The molecule has 43 heavy (non-hydrogen) atoms. The predicted molar refractivity (Wildman–Crippen MR) is 159 cm³/mol. The van der Waals surface area contributed by atoms with E-state index in [1.165, 1.54) is 6.07 Å². The average Bonchev–Trinajstić information content (AvgIpc) is 3.59.